The minimum Gasteiger partial charge on any atom is -0.542 e. The predicted molar refractivity (Wildman–Crippen MR) is 72.3 cm³/mol. The fraction of sp³-hybridized carbons (Fsp3) is 0.214. The molecule has 2 aromatic rings. The van der Waals surface area contributed by atoms with Crippen LogP contribution < -0.4 is 35.8 Å². The summed E-state index contributed by atoms with van der Waals surface area (Å²) in [6, 6.07) is 10.5. The molecule has 0 amide bonds. The molecule has 23 heavy (non-hydrogen) atoms. The number of carbonyl (C=O) groups is 1. The van der Waals surface area contributed by atoms with E-state index in [1.165, 1.54) is 6.45 Å². The lowest BCUT2D eigenvalue weighted by Crippen LogP contribution is -3.61. The normalized spacial score (nSPS) is 10.5. The van der Waals surface area contributed by atoms with Crippen LogP contribution in [0.1, 0.15) is 0 Å². The van der Waals surface area contributed by atoms with Gasteiger partial charge in [-0.25, -0.2) is 0 Å². The van der Waals surface area contributed by atoms with Gasteiger partial charge < -0.3 is 19.4 Å². The van der Waals surface area contributed by atoms with E-state index in [1.54, 1.807) is 14.2 Å². The summed E-state index contributed by atoms with van der Waals surface area (Å²) in [5.74, 6) is -1.40. The molecule has 0 saturated heterocycles. The quantitative estimate of drug-likeness (QED) is 0.561. The Labute approximate surface area is 145 Å². The van der Waals surface area contributed by atoms with Crippen LogP contribution in [0.5, 0.6) is 11.5 Å². The van der Waals surface area contributed by atoms with Gasteiger partial charge in [-0.2, -0.15) is 13.2 Å². The van der Waals surface area contributed by atoms with Crippen molar-refractivity contribution < 1.29 is 53.8 Å². The van der Waals surface area contributed by atoms with Crippen molar-refractivity contribution >= 4 is 17.3 Å². The van der Waals surface area contributed by atoms with Gasteiger partial charge in [0.2, 0.25) is 2.88 Å². The molecule has 4 nitrogen and oxygen atoms in total. The van der Waals surface area contributed by atoms with E-state index in [0.29, 0.717) is 0 Å². The number of aliphatic carboxylic acids is 1. The van der Waals surface area contributed by atoms with Crippen LogP contribution in [-0.2, 0) is 4.79 Å². The molecule has 0 N–H and O–H groups in total. The number of carboxylic acids is 1. The Balaban J connectivity index is 0.000000322. The van der Waals surface area contributed by atoms with Crippen molar-refractivity contribution in [2.45, 2.75) is 6.18 Å². The highest BCUT2D eigenvalue weighted by Crippen LogP contribution is 2.24. The van der Waals surface area contributed by atoms with E-state index in [2.05, 4.69) is 29.6 Å². The van der Waals surface area contributed by atoms with E-state index in [9.17, 15) is 13.2 Å². The predicted octanol–water partition coefficient (Wildman–Crippen LogP) is -0.808. The van der Waals surface area contributed by atoms with Gasteiger partial charge >= 0.3 is 27.4 Å². The summed E-state index contributed by atoms with van der Waals surface area (Å²) in [4.78, 5) is 8.78. The number of hydrogen-bond donors (Lipinski definition) is 0. The van der Waals surface area contributed by atoms with Gasteiger partial charge in [0.05, 0.1) is 14.2 Å². The van der Waals surface area contributed by atoms with Gasteiger partial charge in [-0.3, -0.25) is 0 Å². The summed E-state index contributed by atoms with van der Waals surface area (Å²) in [7, 11) is 3.33. The van der Waals surface area contributed by atoms with Gasteiger partial charge in [0.1, 0.15) is 5.97 Å². The molecule has 9 heteroatoms. The average molecular weight is 460 g/mol. The molecule has 0 bridgehead atoms. The first kappa shape index (κ1) is 19.6. The number of methoxy groups -OCH3 is 2. The van der Waals surface area contributed by atoms with Gasteiger partial charge in [-0.05, 0) is 23.6 Å². The van der Waals surface area contributed by atoms with Gasteiger partial charge in [0.15, 0.2) is 15.1 Å². The highest BCUT2D eigenvalue weighted by atomic mass is 127. The van der Waals surface area contributed by atoms with Crippen LogP contribution in [0, 0.1) is 6.45 Å². The molecule has 0 saturated carbocycles. The van der Waals surface area contributed by atoms with Crippen molar-refractivity contribution in [2.24, 2.45) is 0 Å². The molecule has 0 aliphatic carbocycles. The number of halogens is 4. The Hall–Kier alpha value is -1.49. The third kappa shape index (κ3) is 6.65. The molecular weight excluding hydrogens is 448 g/mol. The number of thiophene rings is 1. The molecule has 1 aromatic heterocycles. The number of alkyl halides is 3. The summed E-state index contributed by atoms with van der Waals surface area (Å²) in [6.07, 6.45) is -5.19. The first-order chi connectivity index (χ1) is 10.8. The Kier molecular flexibility index (Phi) is 7.62. The van der Waals surface area contributed by atoms with Crippen LogP contribution in [0.2, 0.25) is 0 Å². The zero-order valence-electron chi connectivity index (χ0n) is 12.0. The van der Waals surface area contributed by atoms with Gasteiger partial charge in [-0.15, -0.1) is 0 Å². The third-order valence-corrected chi connectivity index (χ3v) is 6.39. The highest BCUT2D eigenvalue weighted by Gasteiger charge is 2.28. The maximum absolute atomic E-state index is 10.5. The summed E-state index contributed by atoms with van der Waals surface area (Å²) in [5.41, 5.74) is 0. The summed E-state index contributed by atoms with van der Waals surface area (Å²) in [6.45, 7) is 0. The van der Waals surface area contributed by atoms with Crippen molar-refractivity contribution in [3.8, 4) is 11.5 Å². The van der Waals surface area contributed by atoms with Crippen molar-refractivity contribution in [3.05, 3.63) is 42.2 Å². The van der Waals surface area contributed by atoms with Crippen LogP contribution in [0.15, 0.2) is 35.7 Å². The lowest BCUT2D eigenvalue weighted by atomic mass is 10.3. The number of benzene rings is 1. The Morgan fingerprint density at radius 1 is 1.17 bits per heavy atom. The average Bonchev–Trinajstić information content (AvgIpc) is 2.99. The van der Waals surface area contributed by atoms with Crippen molar-refractivity contribution in [1.29, 1.82) is 0 Å². The lowest BCUT2D eigenvalue weighted by Gasteiger charge is -2.05. The van der Waals surface area contributed by atoms with Crippen molar-refractivity contribution in [1.82, 2.24) is 0 Å². The molecular formula is C14H12F3IO4S. The monoisotopic (exact) mass is 460 g/mol. The number of ether oxygens (including phenoxy) is 2. The zero-order chi connectivity index (χ0) is 17.5. The number of carbonyl (C=O) groups excluding carboxylic acids is 1. The SMILES string of the molecule is COc1ccc([I+]c2cccs2)cc1OC.O=C([O-])C(F)(F)F. The first-order valence-corrected chi connectivity index (χ1v) is 9.00. The number of carboxylic acid groups (broad SMARTS) is 1. The Morgan fingerprint density at radius 3 is 2.22 bits per heavy atom. The van der Waals surface area contributed by atoms with E-state index >= 15 is 0 Å². The second-order valence-corrected chi connectivity index (χ2v) is 8.42. The number of rotatable bonds is 4. The van der Waals surface area contributed by atoms with Crippen molar-refractivity contribution in [2.75, 3.05) is 14.2 Å². The number of hydrogen-bond acceptors (Lipinski definition) is 5. The summed E-state index contributed by atoms with van der Waals surface area (Å²) >= 11 is 1.73. The standard InChI is InChI=1S/C12H12IO2S.C2HF3O2/c1-14-10-6-5-9(8-11(10)15-2)13-12-4-3-7-16-12;3-2(4,5)1(6)7/h3-8H,1-2H3;(H,6,7)/q+1;/p-1. The largest absolute Gasteiger partial charge is 0.542 e. The molecule has 0 atom stereocenters. The summed E-state index contributed by atoms with van der Waals surface area (Å²) < 4.78 is 44.9. The second kappa shape index (κ2) is 8.96. The molecule has 0 aliphatic rings. The molecule has 0 spiro atoms. The van der Waals surface area contributed by atoms with E-state index in [0.717, 1.165) is 11.5 Å². The van der Waals surface area contributed by atoms with Gasteiger partial charge in [0, 0.05) is 12.1 Å². The van der Waals surface area contributed by atoms with Crippen LogP contribution >= 0.6 is 11.3 Å². The second-order valence-electron chi connectivity index (χ2n) is 3.80. The Morgan fingerprint density at radius 2 is 1.78 bits per heavy atom. The van der Waals surface area contributed by atoms with Gasteiger partial charge in [-0.1, -0.05) is 11.3 Å². The molecule has 0 fully saturated rings. The van der Waals surface area contributed by atoms with E-state index in [-0.39, 0.29) is 21.2 Å². The lowest BCUT2D eigenvalue weighted by molar-refractivity contribution is -0.591. The van der Waals surface area contributed by atoms with Crippen molar-refractivity contribution in [3.63, 3.8) is 0 Å². The topological polar surface area (TPSA) is 58.6 Å². The van der Waals surface area contributed by atoms with Crippen LogP contribution in [0.3, 0.4) is 0 Å². The minimum absolute atomic E-state index is 0.0917. The molecule has 1 aromatic carbocycles. The van der Waals surface area contributed by atoms with E-state index in [1.807, 2.05) is 17.4 Å². The molecule has 2 rings (SSSR count). The molecule has 0 unspecified atom stereocenters. The van der Waals surface area contributed by atoms with E-state index in [4.69, 9.17) is 19.4 Å². The minimum atomic E-state index is -5.19. The third-order valence-electron chi connectivity index (χ3n) is 2.27. The summed E-state index contributed by atoms with van der Waals surface area (Å²) in [5, 5.41) is 10.9. The molecule has 0 aliphatic heterocycles. The first-order valence-electron chi connectivity index (χ1n) is 5.96. The molecule has 1 heterocycles. The zero-order valence-corrected chi connectivity index (χ0v) is 15.0. The molecule has 0 radical (unpaired) electrons. The maximum Gasteiger partial charge on any atom is 0.430 e. The smallest absolute Gasteiger partial charge is 0.430 e. The van der Waals surface area contributed by atoms with Crippen LogP contribution in [0.25, 0.3) is 0 Å². The van der Waals surface area contributed by atoms with Gasteiger partial charge in [0.25, 0.3) is 0 Å². The Bertz CT molecular complexity index is 629. The van der Waals surface area contributed by atoms with Crippen LogP contribution in [-0.4, -0.2) is 26.4 Å². The fourth-order valence-electron chi connectivity index (χ4n) is 1.29. The fourth-order valence-corrected chi connectivity index (χ4v) is 5.00. The van der Waals surface area contributed by atoms with Crippen LogP contribution in [0.4, 0.5) is 13.2 Å². The maximum atomic E-state index is 10.5. The van der Waals surface area contributed by atoms with E-state index < -0.39 is 12.1 Å². The highest BCUT2D eigenvalue weighted by molar-refractivity contribution is 7.07. The molecule has 126 valence electrons.